The molecule has 0 unspecified atom stereocenters. The molecular formula is C25H21F9O4S2. The number of fused-ring (bicyclic) bond motifs is 1. The largest absolute Gasteiger partial charge is 0.488 e. The smallest absolute Gasteiger partial charge is 0.460 e. The van der Waals surface area contributed by atoms with Crippen LogP contribution in [0.3, 0.4) is 0 Å². The molecule has 1 fully saturated rings. The van der Waals surface area contributed by atoms with E-state index in [-0.39, 0.29) is 41.2 Å². The lowest BCUT2D eigenvalue weighted by atomic mass is 10.1. The Kier molecular flexibility index (Phi) is 7.82. The molecule has 0 amide bonds. The summed E-state index contributed by atoms with van der Waals surface area (Å²) in [5.41, 5.74) is 0.807. The maximum atomic E-state index is 14.5. The zero-order chi connectivity index (χ0) is 29.6. The van der Waals surface area contributed by atoms with Crippen LogP contribution in [0.15, 0.2) is 71.6 Å². The Morgan fingerprint density at radius 1 is 0.700 bits per heavy atom. The zero-order valence-corrected chi connectivity index (χ0v) is 21.9. The molecule has 1 aliphatic heterocycles. The van der Waals surface area contributed by atoms with Crippen LogP contribution in [-0.2, 0) is 20.4 Å². The zero-order valence-electron chi connectivity index (χ0n) is 20.2. The second kappa shape index (κ2) is 10.3. The lowest BCUT2D eigenvalue weighted by molar-refractivity contribution is -0.382. The van der Waals surface area contributed by atoms with E-state index < -0.39 is 43.7 Å². The van der Waals surface area contributed by atoms with E-state index in [1.807, 2.05) is 0 Å². The van der Waals surface area contributed by atoms with Crippen LogP contribution in [0.1, 0.15) is 18.4 Å². The van der Waals surface area contributed by atoms with Crippen molar-refractivity contribution in [2.24, 2.45) is 0 Å². The third-order valence-electron chi connectivity index (χ3n) is 6.33. The lowest BCUT2D eigenvalue weighted by Gasteiger charge is -2.38. The van der Waals surface area contributed by atoms with E-state index in [9.17, 15) is 47.9 Å². The van der Waals surface area contributed by atoms with Crippen LogP contribution in [0, 0.1) is 0 Å². The second-order valence-electron chi connectivity index (χ2n) is 8.99. The van der Waals surface area contributed by atoms with Gasteiger partial charge in [-0.3, -0.25) is 0 Å². The highest BCUT2D eigenvalue weighted by molar-refractivity contribution is 8.33. The van der Waals surface area contributed by atoms with Crippen molar-refractivity contribution >= 4 is 31.2 Å². The number of benzene rings is 3. The van der Waals surface area contributed by atoms with E-state index in [1.165, 1.54) is 24.3 Å². The highest BCUT2D eigenvalue weighted by Crippen LogP contribution is 2.66. The average Bonchev–Trinajstić information content (AvgIpc) is 3.35. The molecule has 4 rings (SSSR count). The molecule has 0 saturated carbocycles. The van der Waals surface area contributed by atoms with Crippen LogP contribution in [0.25, 0.3) is 10.8 Å². The normalized spacial score (nSPS) is 17.6. The summed E-state index contributed by atoms with van der Waals surface area (Å²) >= 11 is 0. The number of ether oxygens (including phenoxy) is 1. The maximum Gasteiger partial charge on any atom is 0.460 e. The van der Waals surface area contributed by atoms with Crippen molar-refractivity contribution in [2.75, 3.05) is 11.5 Å². The Morgan fingerprint density at radius 2 is 1.25 bits per heavy atom. The molecule has 3 aromatic carbocycles. The Bertz CT molecular complexity index is 1470. The molecule has 15 heteroatoms. The van der Waals surface area contributed by atoms with Gasteiger partial charge in [0.2, 0.25) is 0 Å². The first-order valence-electron chi connectivity index (χ1n) is 11.6. The van der Waals surface area contributed by atoms with Crippen LogP contribution in [0.5, 0.6) is 5.75 Å². The van der Waals surface area contributed by atoms with Gasteiger partial charge in [-0.2, -0.15) is 47.9 Å². The van der Waals surface area contributed by atoms with Crippen LogP contribution >= 0.6 is 10.3 Å². The number of hydrogen-bond donors (Lipinski definition) is 0. The monoisotopic (exact) mass is 620 g/mol. The Labute approximate surface area is 224 Å². The topological polar surface area (TPSA) is 52.6 Å². The number of hydrogen-bond acceptors (Lipinski definition) is 4. The van der Waals surface area contributed by atoms with E-state index in [0.717, 1.165) is 5.56 Å². The average molecular weight is 621 g/mol. The predicted octanol–water partition coefficient (Wildman–Crippen LogP) is 8.06. The summed E-state index contributed by atoms with van der Waals surface area (Å²) in [7, 11) is -10.4. The van der Waals surface area contributed by atoms with Crippen molar-refractivity contribution in [3.63, 3.8) is 0 Å². The van der Waals surface area contributed by atoms with Crippen molar-refractivity contribution in [1.29, 1.82) is 0 Å². The van der Waals surface area contributed by atoms with Crippen molar-refractivity contribution in [3.05, 3.63) is 72.3 Å². The Hall–Kier alpha value is -2.65. The van der Waals surface area contributed by atoms with Gasteiger partial charge in [0.15, 0.2) is 0 Å². The molecule has 0 aromatic heterocycles. The fourth-order valence-electron chi connectivity index (χ4n) is 4.26. The summed E-state index contributed by atoms with van der Waals surface area (Å²) in [4.78, 5) is 0.0259. The fraction of sp³-hybridized carbons (Fsp3) is 0.360. The van der Waals surface area contributed by atoms with Gasteiger partial charge in [0, 0.05) is 21.8 Å². The highest BCUT2D eigenvalue weighted by atomic mass is 32.3. The Morgan fingerprint density at radius 3 is 1.82 bits per heavy atom. The minimum Gasteiger partial charge on any atom is -0.488 e. The van der Waals surface area contributed by atoms with Crippen molar-refractivity contribution < 1.29 is 56.3 Å². The van der Waals surface area contributed by atoms with Gasteiger partial charge in [-0.25, -0.2) is 3.63 Å². The fourth-order valence-corrected chi connectivity index (χ4v) is 10.1. The van der Waals surface area contributed by atoms with E-state index >= 15 is 0 Å². The van der Waals surface area contributed by atoms with Gasteiger partial charge >= 0.3 is 33.4 Å². The van der Waals surface area contributed by atoms with Gasteiger partial charge in [-0.05, 0) is 35.9 Å². The minimum absolute atomic E-state index is 0.0259. The molecule has 1 heterocycles. The van der Waals surface area contributed by atoms with Gasteiger partial charge in [-0.15, -0.1) is 0 Å². The first-order valence-corrected chi connectivity index (χ1v) is 14.9. The number of halogens is 9. The predicted molar refractivity (Wildman–Crippen MR) is 130 cm³/mol. The molecule has 0 aliphatic carbocycles. The molecule has 1 aliphatic rings. The number of rotatable bonds is 9. The molecule has 1 saturated heterocycles. The summed E-state index contributed by atoms with van der Waals surface area (Å²) in [5.74, 6) is -14.9. The van der Waals surface area contributed by atoms with Gasteiger partial charge in [0.1, 0.15) is 12.4 Å². The SMILES string of the molecule is O=S(=O)(OS1(c2ccc(OCc3ccccc3)c3ccccc23)CCCC1)C(F)(F)C(F)(F)C(F)(F)C(F)(F)F. The number of alkyl halides is 9. The third-order valence-corrected chi connectivity index (χ3v) is 12.0. The summed E-state index contributed by atoms with van der Waals surface area (Å²) in [6.07, 6.45) is -6.77. The minimum atomic E-state index is -7.37. The summed E-state index contributed by atoms with van der Waals surface area (Å²) < 4.78 is 157. The van der Waals surface area contributed by atoms with Crippen LogP contribution in [-0.4, -0.2) is 43.2 Å². The standard InChI is InChI=1S/C25H21F9O4S2/c26-22(27,24(30,31)32)23(28,29)25(33,34)40(35,36)38-39(14-6-7-15-39)21-13-12-20(18-10-4-5-11-19(18)21)37-16-17-8-2-1-3-9-17/h1-5,8-13H,6-7,14-16H2. The van der Waals surface area contributed by atoms with Crippen LogP contribution < -0.4 is 4.74 Å². The van der Waals surface area contributed by atoms with E-state index in [0.29, 0.717) is 11.1 Å². The van der Waals surface area contributed by atoms with Crippen LogP contribution in [0.2, 0.25) is 0 Å². The van der Waals surface area contributed by atoms with E-state index in [2.05, 4.69) is 0 Å². The third kappa shape index (κ3) is 5.00. The molecule has 0 spiro atoms. The molecule has 3 aromatic rings. The molecule has 4 nitrogen and oxygen atoms in total. The molecule has 220 valence electrons. The molecule has 40 heavy (non-hydrogen) atoms. The molecule has 0 N–H and O–H groups in total. The first-order chi connectivity index (χ1) is 18.5. The quantitative estimate of drug-likeness (QED) is 0.227. The van der Waals surface area contributed by atoms with E-state index in [4.69, 9.17) is 8.37 Å². The van der Waals surface area contributed by atoms with Crippen molar-refractivity contribution in [1.82, 2.24) is 0 Å². The summed E-state index contributed by atoms with van der Waals surface area (Å²) in [5, 5.41) is -6.27. The Balaban J connectivity index is 1.75. The molecule has 0 radical (unpaired) electrons. The van der Waals surface area contributed by atoms with Gasteiger partial charge in [0.25, 0.3) is 0 Å². The molecule has 0 atom stereocenters. The van der Waals surface area contributed by atoms with Crippen molar-refractivity contribution in [2.45, 2.75) is 47.6 Å². The van der Waals surface area contributed by atoms with Crippen LogP contribution in [0.4, 0.5) is 39.5 Å². The first kappa shape index (κ1) is 30.3. The summed E-state index contributed by atoms with van der Waals surface area (Å²) in [6, 6.07) is 17.8. The highest BCUT2D eigenvalue weighted by Gasteiger charge is 2.86. The second-order valence-corrected chi connectivity index (χ2v) is 13.8. The van der Waals surface area contributed by atoms with Gasteiger partial charge < -0.3 is 4.74 Å². The maximum absolute atomic E-state index is 14.5. The lowest BCUT2D eigenvalue weighted by Crippen LogP contribution is -2.63. The van der Waals surface area contributed by atoms with E-state index in [1.54, 1.807) is 42.5 Å². The molecule has 0 bridgehead atoms. The van der Waals surface area contributed by atoms with Gasteiger partial charge in [0.05, 0.1) is 0 Å². The van der Waals surface area contributed by atoms with Crippen molar-refractivity contribution in [3.8, 4) is 5.75 Å². The summed E-state index contributed by atoms with van der Waals surface area (Å²) in [6.45, 7) is 0.127. The van der Waals surface area contributed by atoms with Gasteiger partial charge in [-0.1, -0.05) is 64.9 Å². The molecular weight excluding hydrogens is 599 g/mol.